The molecule has 1 aromatic carbocycles. The molecule has 116 valence electrons. The molecule has 21 heavy (non-hydrogen) atoms. The molecular formula is C18H28N2O. The van der Waals surface area contributed by atoms with Gasteiger partial charge in [0.15, 0.2) is 0 Å². The Morgan fingerprint density at radius 2 is 2.00 bits per heavy atom. The minimum atomic E-state index is -0.196. The summed E-state index contributed by atoms with van der Waals surface area (Å²) in [6, 6.07) is 6.76. The summed E-state index contributed by atoms with van der Waals surface area (Å²) < 4.78 is 0. The third kappa shape index (κ3) is 4.85. The van der Waals surface area contributed by atoms with E-state index >= 15 is 0 Å². The van der Waals surface area contributed by atoms with Crippen molar-refractivity contribution < 1.29 is 4.79 Å². The first-order chi connectivity index (χ1) is 10.1. The lowest BCUT2D eigenvalue weighted by Gasteiger charge is -2.30. The topological polar surface area (TPSA) is 55.1 Å². The molecule has 0 bridgehead atoms. The van der Waals surface area contributed by atoms with E-state index in [1.807, 2.05) is 0 Å². The van der Waals surface area contributed by atoms with Gasteiger partial charge >= 0.3 is 0 Å². The summed E-state index contributed by atoms with van der Waals surface area (Å²) in [6.45, 7) is 5.08. The van der Waals surface area contributed by atoms with Gasteiger partial charge in [-0.3, -0.25) is 4.79 Å². The molecule has 0 aromatic heterocycles. The summed E-state index contributed by atoms with van der Waals surface area (Å²) in [4.78, 5) is 11.4. The second kappa shape index (κ2) is 7.60. The van der Waals surface area contributed by atoms with Gasteiger partial charge in [0.05, 0.1) is 0 Å². The van der Waals surface area contributed by atoms with Crippen molar-refractivity contribution in [2.75, 3.05) is 0 Å². The zero-order valence-corrected chi connectivity index (χ0v) is 13.3. The van der Waals surface area contributed by atoms with Crippen LogP contribution in [0.1, 0.15) is 55.2 Å². The Labute approximate surface area is 128 Å². The van der Waals surface area contributed by atoms with E-state index in [0.29, 0.717) is 12.3 Å². The van der Waals surface area contributed by atoms with E-state index in [9.17, 15) is 4.79 Å². The highest BCUT2D eigenvalue weighted by atomic mass is 16.1. The molecule has 2 rings (SSSR count). The molecule has 0 saturated heterocycles. The van der Waals surface area contributed by atoms with Crippen molar-refractivity contribution in [2.24, 2.45) is 11.7 Å². The van der Waals surface area contributed by atoms with Crippen molar-refractivity contribution in [2.45, 2.75) is 65.0 Å². The van der Waals surface area contributed by atoms with E-state index in [1.165, 1.54) is 48.8 Å². The van der Waals surface area contributed by atoms with Crippen LogP contribution in [0, 0.1) is 19.8 Å². The van der Waals surface area contributed by atoms with Gasteiger partial charge in [-0.2, -0.15) is 0 Å². The van der Waals surface area contributed by atoms with Crippen molar-refractivity contribution in [3.8, 4) is 0 Å². The molecule has 3 heteroatoms. The number of primary amides is 1. The maximum absolute atomic E-state index is 11.4. The van der Waals surface area contributed by atoms with Crippen LogP contribution in [0.4, 0.5) is 0 Å². The number of hydrogen-bond donors (Lipinski definition) is 2. The van der Waals surface area contributed by atoms with Gasteiger partial charge in [-0.1, -0.05) is 43.0 Å². The van der Waals surface area contributed by atoms with Gasteiger partial charge in [0, 0.05) is 19.0 Å². The van der Waals surface area contributed by atoms with Gasteiger partial charge in [0.2, 0.25) is 5.91 Å². The minimum absolute atomic E-state index is 0.196. The second-order valence-electron chi connectivity index (χ2n) is 6.49. The fraction of sp³-hybridized carbons (Fsp3) is 0.611. The molecule has 3 N–H and O–H groups in total. The average molecular weight is 288 g/mol. The molecule has 3 nitrogen and oxygen atoms in total. The van der Waals surface area contributed by atoms with Crippen LogP contribution >= 0.6 is 0 Å². The standard InChI is InChI=1S/C18H28N2O/c1-13-8-9-16(14(2)10-13)12-20-17(11-18(19)21)15-6-4-3-5-7-15/h8-10,15,17,20H,3-7,11-12H2,1-2H3,(H2,19,21)/t17-/m1/s1. The zero-order chi connectivity index (χ0) is 15.2. The van der Waals surface area contributed by atoms with Crippen LogP contribution in [-0.4, -0.2) is 11.9 Å². The quantitative estimate of drug-likeness (QED) is 0.844. The van der Waals surface area contributed by atoms with Crippen LogP contribution < -0.4 is 11.1 Å². The number of rotatable bonds is 6. The molecule has 1 atom stereocenters. The largest absolute Gasteiger partial charge is 0.370 e. The van der Waals surface area contributed by atoms with Crippen molar-refractivity contribution in [3.05, 3.63) is 34.9 Å². The first kappa shape index (κ1) is 16.0. The smallest absolute Gasteiger partial charge is 0.218 e. The number of hydrogen-bond acceptors (Lipinski definition) is 2. The Bertz CT molecular complexity index is 478. The van der Waals surface area contributed by atoms with Gasteiger partial charge in [-0.15, -0.1) is 0 Å². The van der Waals surface area contributed by atoms with Crippen LogP contribution in [-0.2, 0) is 11.3 Å². The first-order valence-corrected chi connectivity index (χ1v) is 8.14. The number of carbonyl (C=O) groups is 1. The molecule has 1 aliphatic rings. The molecule has 1 saturated carbocycles. The minimum Gasteiger partial charge on any atom is -0.370 e. The third-order valence-electron chi connectivity index (χ3n) is 4.69. The lowest BCUT2D eigenvalue weighted by atomic mass is 9.82. The van der Waals surface area contributed by atoms with Crippen LogP contribution in [0.15, 0.2) is 18.2 Å². The summed E-state index contributed by atoms with van der Waals surface area (Å²) in [5, 5.41) is 3.60. The molecule has 1 aliphatic carbocycles. The lowest BCUT2D eigenvalue weighted by Crippen LogP contribution is -2.40. The van der Waals surface area contributed by atoms with E-state index in [2.05, 4.69) is 37.4 Å². The van der Waals surface area contributed by atoms with Crippen LogP contribution in [0.3, 0.4) is 0 Å². The van der Waals surface area contributed by atoms with Crippen molar-refractivity contribution in [1.82, 2.24) is 5.32 Å². The van der Waals surface area contributed by atoms with Gasteiger partial charge in [0.25, 0.3) is 0 Å². The van der Waals surface area contributed by atoms with Crippen LogP contribution in [0.2, 0.25) is 0 Å². The predicted octanol–water partition coefficient (Wildman–Crippen LogP) is 3.22. The Morgan fingerprint density at radius 1 is 1.29 bits per heavy atom. The SMILES string of the molecule is Cc1ccc(CN[C@H](CC(N)=O)C2CCCCC2)c(C)c1. The average Bonchev–Trinajstić information content (AvgIpc) is 2.45. The molecule has 0 unspecified atom stereocenters. The Morgan fingerprint density at radius 3 is 2.62 bits per heavy atom. The molecule has 0 aliphatic heterocycles. The maximum Gasteiger partial charge on any atom is 0.218 e. The Hall–Kier alpha value is -1.35. The summed E-state index contributed by atoms with van der Waals surface area (Å²) in [5.74, 6) is 0.399. The van der Waals surface area contributed by atoms with Crippen LogP contribution in [0.5, 0.6) is 0 Å². The Balaban J connectivity index is 1.98. The normalized spacial score (nSPS) is 17.6. The maximum atomic E-state index is 11.4. The number of nitrogens with two attached hydrogens (primary N) is 1. The zero-order valence-electron chi connectivity index (χ0n) is 13.3. The number of benzene rings is 1. The van der Waals surface area contributed by atoms with E-state index in [0.717, 1.165) is 6.54 Å². The third-order valence-corrected chi connectivity index (χ3v) is 4.69. The number of carbonyl (C=O) groups excluding carboxylic acids is 1. The molecule has 1 aromatic rings. The van der Waals surface area contributed by atoms with E-state index in [-0.39, 0.29) is 11.9 Å². The molecule has 1 fully saturated rings. The van der Waals surface area contributed by atoms with Gasteiger partial charge in [-0.25, -0.2) is 0 Å². The highest BCUT2D eigenvalue weighted by molar-refractivity contribution is 5.74. The number of aryl methyl sites for hydroxylation is 2. The predicted molar refractivity (Wildman–Crippen MR) is 86.9 cm³/mol. The van der Waals surface area contributed by atoms with Crippen molar-refractivity contribution in [3.63, 3.8) is 0 Å². The Kier molecular flexibility index (Phi) is 5.80. The monoisotopic (exact) mass is 288 g/mol. The fourth-order valence-corrected chi connectivity index (χ4v) is 3.44. The molecule has 1 amide bonds. The van der Waals surface area contributed by atoms with E-state index in [4.69, 9.17) is 5.73 Å². The van der Waals surface area contributed by atoms with Crippen LogP contribution in [0.25, 0.3) is 0 Å². The number of amides is 1. The number of nitrogens with one attached hydrogen (secondary N) is 1. The lowest BCUT2D eigenvalue weighted by molar-refractivity contribution is -0.118. The summed E-state index contributed by atoms with van der Waals surface area (Å²) >= 11 is 0. The first-order valence-electron chi connectivity index (χ1n) is 8.14. The molecule has 0 radical (unpaired) electrons. The second-order valence-corrected chi connectivity index (χ2v) is 6.49. The van der Waals surface area contributed by atoms with Crippen molar-refractivity contribution >= 4 is 5.91 Å². The van der Waals surface area contributed by atoms with Crippen molar-refractivity contribution in [1.29, 1.82) is 0 Å². The summed E-state index contributed by atoms with van der Waals surface area (Å²) in [7, 11) is 0. The summed E-state index contributed by atoms with van der Waals surface area (Å²) in [5.41, 5.74) is 9.35. The van der Waals surface area contributed by atoms with E-state index in [1.54, 1.807) is 0 Å². The molecular weight excluding hydrogens is 260 g/mol. The highest BCUT2D eigenvalue weighted by Crippen LogP contribution is 2.28. The molecule has 0 spiro atoms. The van der Waals surface area contributed by atoms with Gasteiger partial charge in [-0.05, 0) is 43.7 Å². The van der Waals surface area contributed by atoms with E-state index < -0.39 is 0 Å². The summed E-state index contributed by atoms with van der Waals surface area (Å²) in [6.07, 6.45) is 6.79. The fourth-order valence-electron chi connectivity index (χ4n) is 3.44. The molecule has 0 heterocycles. The van der Waals surface area contributed by atoms with Gasteiger partial charge in [0.1, 0.15) is 0 Å². The van der Waals surface area contributed by atoms with Gasteiger partial charge < -0.3 is 11.1 Å². The highest BCUT2D eigenvalue weighted by Gasteiger charge is 2.24.